The minimum absolute atomic E-state index is 0.152. The number of rotatable bonds is 5. The maximum atomic E-state index is 11.2. The van der Waals surface area contributed by atoms with E-state index in [9.17, 15) is 4.79 Å². The third kappa shape index (κ3) is 2.87. The molecule has 17 heavy (non-hydrogen) atoms. The smallest absolute Gasteiger partial charge is 0.339 e. The number of anilines is 2. The van der Waals surface area contributed by atoms with E-state index in [0.717, 1.165) is 12.8 Å². The van der Waals surface area contributed by atoms with Gasteiger partial charge in [-0.25, -0.2) is 9.78 Å². The summed E-state index contributed by atoms with van der Waals surface area (Å²) < 4.78 is 0. The standard InChI is InChI=1S/C12H19N3O2/c1-4-9(5-2)15(3)11-10(12(16)17)6-8(13)7-14-11/h6-7,9H,4-5,13H2,1-3H3,(H,16,17). The fourth-order valence-corrected chi connectivity index (χ4v) is 1.92. The first-order valence-electron chi connectivity index (χ1n) is 5.72. The van der Waals surface area contributed by atoms with E-state index < -0.39 is 5.97 Å². The van der Waals surface area contributed by atoms with E-state index in [0.29, 0.717) is 11.5 Å². The summed E-state index contributed by atoms with van der Waals surface area (Å²) in [4.78, 5) is 17.2. The second-order valence-corrected chi connectivity index (χ2v) is 4.03. The van der Waals surface area contributed by atoms with Gasteiger partial charge in [0, 0.05) is 13.1 Å². The second kappa shape index (κ2) is 5.52. The van der Waals surface area contributed by atoms with Gasteiger partial charge in [0.25, 0.3) is 0 Å². The second-order valence-electron chi connectivity index (χ2n) is 4.03. The van der Waals surface area contributed by atoms with E-state index in [1.54, 1.807) is 0 Å². The molecule has 0 atom stereocenters. The van der Waals surface area contributed by atoms with Gasteiger partial charge in [0.15, 0.2) is 0 Å². The first kappa shape index (κ1) is 13.3. The molecule has 3 N–H and O–H groups in total. The van der Waals surface area contributed by atoms with Crippen molar-refractivity contribution in [2.45, 2.75) is 32.7 Å². The lowest BCUT2D eigenvalue weighted by molar-refractivity contribution is 0.0697. The zero-order valence-electron chi connectivity index (χ0n) is 10.5. The summed E-state index contributed by atoms with van der Waals surface area (Å²) in [6.45, 7) is 4.14. The Kier molecular flexibility index (Phi) is 4.31. The molecule has 0 aromatic carbocycles. The molecule has 5 heteroatoms. The Labute approximate surface area is 101 Å². The Morgan fingerprint density at radius 2 is 2.12 bits per heavy atom. The number of aromatic nitrogens is 1. The topological polar surface area (TPSA) is 79.5 Å². The predicted molar refractivity (Wildman–Crippen MR) is 68.4 cm³/mol. The van der Waals surface area contributed by atoms with E-state index >= 15 is 0 Å². The van der Waals surface area contributed by atoms with Gasteiger partial charge in [0.2, 0.25) is 0 Å². The molecule has 1 rings (SSSR count). The molecule has 1 heterocycles. The van der Waals surface area contributed by atoms with Crippen LogP contribution in [-0.2, 0) is 0 Å². The van der Waals surface area contributed by atoms with Crippen LogP contribution in [0.3, 0.4) is 0 Å². The Morgan fingerprint density at radius 1 is 1.53 bits per heavy atom. The molecule has 0 saturated carbocycles. The molecule has 0 aliphatic rings. The summed E-state index contributed by atoms with van der Waals surface area (Å²) in [5.74, 6) is -0.530. The number of nitrogens with zero attached hydrogens (tertiary/aromatic N) is 2. The Hall–Kier alpha value is -1.78. The van der Waals surface area contributed by atoms with Gasteiger partial charge < -0.3 is 15.7 Å². The van der Waals surface area contributed by atoms with Crippen molar-refractivity contribution in [3.8, 4) is 0 Å². The Balaban J connectivity index is 3.16. The number of hydrogen-bond acceptors (Lipinski definition) is 4. The number of carboxylic acid groups (broad SMARTS) is 1. The van der Waals surface area contributed by atoms with Gasteiger partial charge in [0.1, 0.15) is 11.4 Å². The van der Waals surface area contributed by atoms with Crippen molar-refractivity contribution >= 4 is 17.5 Å². The minimum atomic E-state index is -1.00. The van der Waals surface area contributed by atoms with E-state index in [1.807, 2.05) is 11.9 Å². The highest BCUT2D eigenvalue weighted by atomic mass is 16.4. The van der Waals surface area contributed by atoms with Crippen LogP contribution in [0.4, 0.5) is 11.5 Å². The van der Waals surface area contributed by atoms with E-state index in [2.05, 4.69) is 18.8 Å². The van der Waals surface area contributed by atoms with Gasteiger partial charge in [-0.3, -0.25) is 0 Å². The van der Waals surface area contributed by atoms with Crippen LogP contribution in [0, 0.1) is 0 Å². The quantitative estimate of drug-likeness (QED) is 0.818. The molecule has 94 valence electrons. The van der Waals surface area contributed by atoms with Gasteiger partial charge >= 0.3 is 5.97 Å². The van der Waals surface area contributed by atoms with Gasteiger partial charge in [-0.2, -0.15) is 0 Å². The normalized spacial score (nSPS) is 10.6. The SMILES string of the molecule is CCC(CC)N(C)c1ncc(N)cc1C(=O)O. The number of pyridine rings is 1. The van der Waals surface area contributed by atoms with Crippen molar-refractivity contribution in [1.29, 1.82) is 0 Å². The van der Waals surface area contributed by atoms with Gasteiger partial charge in [0.05, 0.1) is 11.9 Å². The molecule has 0 radical (unpaired) electrons. The third-order valence-electron chi connectivity index (χ3n) is 2.94. The van der Waals surface area contributed by atoms with Crippen LogP contribution in [0.1, 0.15) is 37.0 Å². The van der Waals surface area contributed by atoms with E-state index in [4.69, 9.17) is 10.8 Å². The monoisotopic (exact) mass is 237 g/mol. The van der Waals surface area contributed by atoms with Crippen molar-refractivity contribution in [1.82, 2.24) is 4.98 Å². The van der Waals surface area contributed by atoms with Crippen LogP contribution in [0.15, 0.2) is 12.3 Å². The van der Waals surface area contributed by atoms with Gasteiger partial charge in [-0.05, 0) is 18.9 Å². The van der Waals surface area contributed by atoms with E-state index in [-0.39, 0.29) is 11.6 Å². The molecule has 0 saturated heterocycles. The number of nitrogens with two attached hydrogens (primary N) is 1. The number of hydrogen-bond donors (Lipinski definition) is 2. The third-order valence-corrected chi connectivity index (χ3v) is 2.94. The number of carbonyl (C=O) groups is 1. The van der Waals surface area contributed by atoms with Crippen molar-refractivity contribution in [3.63, 3.8) is 0 Å². The molecule has 0 unspecified atom stereocenters. The van der Waals surface area contributed by atoms with Crippen molar-refractivity contribution in [2.75, 3.05) is 17.7 Å². The zero-order chi connectivity index (χ0) is 13.0. The fraction of sp³-hybridized carbons (Fsp3) is 0.500. The van der Waals surface area contributed by atoms with Gasteiger partial charge in [-0.15, -0.1) is 0 Å². The van der Waals surface area contributed by atoms with Crippen LogP contribution in [0.5, 0.6) is 0 Å². The van der Waals surface area contributed by atoms with Gasteiger partial charge in [-0.1, -0.05) is 13.8 Å². The lowest BCUT2D eigenvalue weighted by atomic mass is 10.1. The summed E-state index contributed by atoms with van der Waals surface area (Å²) in [7, 11) is 1.86. The molecule has 0 bridgehead atoms. The first-order chi connectivity index (χ1) is 8.01. The highest BCUT2D eigenvalue weighted by molar-refractivity contribution is 5.94. The minimum Gasteiger partial charge on any atom is -0.478 e. The van der Waals surface area contributed by atoms with E-state index in [1.165, 1.54) is 12.3 Å². The molecule has 0 amide bonds. The average molecular weight is 237 g/mol. The summed E-state index contributed by atoms with van der Waals surface area (Å²) in [5.41, 5.74) is 6.08. The highest BCUT2D eigenvalue weighted by Crippen LogP contribution is 2.22. The summed E-state index contributed by atoms with van der Waals surface area (Å²) >= 11 is 0. The average Bonchev–Trinajstić information content (AvgIpc) is 2.30. The van der Waals surface area contributed by atoms with Crippen LogP contribution in [-0.4, -0.2) is 29.1 Å². The molecule has 0 spiro atoms. The molecule has 1 aromatic heterocycles. The zero-order valence-corrected chi connectivity index (χ0v) is 10.5. The molecule has 0 aliphatic carbocycles. The number of nitrogen functional groups attached to an aromatic ring is 1. The molecular formula is C12H19N3O2. The van der Waals surface area contributed by atoms with Crippen LogP contribution in [0.2, 0.25) is 0 Å². The molecule has 5 nitrogen and oxygen atoms in total. The maximum Gasteiger partial charge on any atom is 0.339 e. The summed E-state index contributed by atoms with van der Waals surface area (Å²) in [5, 5.41) is 9.14. The predicted octanol–water partition coefficient (Wildman–Crippen LogP) is 1.99. The first-order valence-corrected chi connectivity index (χ1v) is 5.72. The van der Waals surface area contributed by atoms with Crippen LogP contribution in [0.25, 0.3) is 0 Å². The highest BCUT2D eigenvalue weighted by Gasteiger charge is 2.19. The lowest BCUT2D eigenvalue weighted by Crippen LogP contribution is -2.32. The summed E-state index contributed by atoms with van der Waals surface area (Å²) in [6, 6.07) is 1.73. The van der Waals surface area contributed by atoms with Crippen molar-refractivity contribution in [2.24, 2.45) is 0 Å². The molecule has 0 fully saturated rings. The Morgan fingerprint density at radius 3 is 2.59 bits per heavy atom. The van der Waals surface area contributed by atoms with Crippen LogP contribution >= 0.6 is 0 Å². The van der Waals surface area contributed by atoms with Crippen molar-refractivity contribution < 1.29 is 9.90 Å². The van der Waals surface area contributed by atoms with Crippen LogP contribution < -0.4 is 10.6 Å². The lowest BCUT2D eigenvalue weighted by Gasteiger charge is -2.28. The fourth-order valence-electron chi connectivity index (χ4n) is 1.92. The molecule has 1 aromatic rings. The molecule has 0 aliphatic heterocycles. The summed E-state index contributed by atoms with van der Waals surface area (Å²) in [6.07, 6.45) is 3.37. The largest absolute Gasteiger partial charge is 0.478 e. The number of aromatic carboxylic acids is 1. The Bertz CT molecular complexity index is 403. The molecular weight excluding hydrogens is 218 g/mol. The maximum absolute atomic E-state index is 11.2. The van der Waals surface area contributed by atoms with Crippen molar-refractivity contribution in [3.05, 3.63) is 17.8 Å². The number of carboxylic acids is 1.